The van der Waals surface area contributed by atoms with E-state index in [1.54, 1.807) is 19.2 Å². The van der Waals surface area contributed by atoms with Crippen molar-refractivity contribution in [1.29, 1.82) is 0 Å². The molecule has 3 N–H and O–H groups in total. The molecule has 7 nitrogen and oxygen atoms in total. The van der Waals surface area contributed by atoms with E-state index in [1.165, 1.54) is 12.1 Å². The Hall–Kier alpha value is -3.35. The van der Waals surface area contributed by atoms with Crippen molar-refractivity contribution in [3.8, 4) is 5.75 Å². The van der Waals surface area contributed by atoms with Gasteiger partial charge >= 0.3 is 5.97 Å². The summed E-state index contributed by atoms with van der Waals surface area (Å²) in [5, 5.41) is 13.7. The molecule has 2 aromatic rings. The number of carbonyl (C=O) groups is 3. The SMILES string of the molecule is COc1ccccc1CC(C)CC(=O)Nc1ccc(C(=O)NCC(=O)O)cc1. The minimum atomic E-state index is -1.11. The molecule has 0 saturated carbocycles. The fourth-order valence-corrected chi connectivity index (χ4v) is 2.81. The largest absolute Gasteiger partial charge is 0.496 e. The smallest absolute Gasteiger partial charge is 0.322 e. The van der Waals surface area contributed by atoms with Crippen molar-refractivity contribution in [2.24, 2.45) is 5.92 Å². The zero-order chi connectivity index (χ0) is 20.5. The number of methoxy groups -OCH3 is 1. The van der Waals surface area contributed by atoms with Crippen LogP contribution in [-0.2, 0) is 16.0 Å². The molecule has 0 spiro atoms. The van der Waals surface area contributed by atoms with Crippen molar-refractivity contribution in [3.05, 3.63) is 59.7 Å². The minimum Gasteiger partial charge on any atom is -0.496 e. The summed E-state index contributed by atoms with van der Waals surface area (Å²) in [6.07, 6.45) is 1.07. The summed E-state index contributed by atoms with van der Waals surface area (Å²) in [6.45, 7) is 1.56. The first-order valence-electron chi connectivity index (χ1n) is 8.91. The van der Waals surface area contributed by atoms with Gasteiger partial charge in [-0.05, 0) is 48.2 Å². The molecule has 2 aromatic carbocycles. The van der Waals surface area contributed by atoms with Crippen LogP contribution in [0.25, 0.3) is 0 Å². The Balaban J connectivity index is 1.87. The van der Waals surface area contributed by atoms with E-state index in [1.807, 2.05) is 31.2 Å². The lowest BCUT2D eigenvalue weighted by Gasteiger charge is -2.14. The predicted octanol–water partition coefficient (Wildman–Crippen LogP) is 2.72. The van der Waals surface area contributed by atoms with E-state index < -0.39 is 18.4 Å². The number of benzene rings is 2. The molecule has 1 unspecified atom stereocenters. The van der Waals surface area contributed by atoms with Crippen LogP contribution in [0.2, 0.25) is 0 Å². The van der Waals surface area contributed by atoms with Gasteiger partial charge in [0.05, 0.1) is 7.11 Å². The van der Waals surface area contributed by atoms with Gasteiger partial charge in [0.1, 0.15) is 12.3 Å². The number of carboxylic acid groups (broad SMARTS) is 1. The number of anilines is 1. The van der Waals surface area contributed by atoms with Crippen LogP contribution in [0, 0.1) is 5.92 Å². The van der Waals surface area contributed by atoms with Crippen LogP contribution in [0.3, 0.4) is 0 Å². The monoisotopic (exact) mass is 384 g/mol. The number of nitrogens with one attached hydrogen (secondary N) is 2. The van der Waals surface area contributed by atoms with Crippen molar-refractivity contribution < 1.29 is 24.2 Å². The van der Waals surface area contributed by atoms with Crippen LogP contribution in [0.1, 0.15) is 29.3 Å². The van der Waals surface area contributed by atoms with Gasteiger partial charge in [-0.3, -0.25) is 14.4 Å². The van der Waals surface area contributed by atoms with Crippen molar-refractivity contribution in [2.75, 3.05) is 19.0 Å². The fourth-order valence-electron chi connectivity index (χ4n) is 2.81. The highest BCUT2D eigenvalue weighted by Gasteiger charge is 2.13. The summed E-state index contributed by atoms with van der Waals surface area (Å²) in [5.41, 5.74) is 1.95. The van der Waals surface area contributed by atoms with Gasteiger partial charge in [-0.15, -0.1) is 0 Å². The third-order valence-electron chi connectivity index (χ3n) is 4.13. The number of hydrogen-bond acceptors (Lipinski definition) is 4. The van der Waals surface area contributed by atoms with E-state index in [4.69, 9.17) is 9.84 Å². The van der Waals surface area contributed by atoms with Gasteiger partial charge in [-0.1, -0.05) is 25.1 Å². The molecule has 28 heavy (non-hydrogen) atoms. The van der Waals surface area contributed by atoms with Crippen molar-refractivity contribution in [2.45, 2.75) is 19.8 Å². The Morgan fingerprint density at radius 1 is 1.07 bits per heavy atom. The molecule has 2 amide bonds. The van der Waals surface area contributed by atoms with Crippen molar-refractivity contribution in [1.82, 2.24) is 5.32 Å². The quantitative estimate of drug-likeness (QED) is 0.617. The number of amides is 2. The highest BCUT2D eigenvalue weighted by Crippen LogP contribution is 2.22. The highest BCUT2D eigenvalue weighted by atomic mass is 16.5. The van der Waals surface area contributed by atoms with Gasteiger partial charge in [-0.25, -0.2) is 0 Å². The molecule has 0 fully saturated rings. The van der Waals surface area contributed by atoms with E-state index in [9.17, 15) is 14.4 Å². The first kappa shape index (κ1) is 21.0. The van der Waals surface area contributed by atoms with E-state index >= 15 is 0 Å². The van der Waals surface area contributed by atoms with E-state index in [0.29, 0.717) is 17.7 Å². The van der Waals surface area contributed by atoms with E-state index in [0.717, 1.165) is 17.7 Å². The van der Waals surface area contributed by atoms with Gasteiger partial charge in [0, 0.05) is 17.7 Å². The lowest BCUT2D eigenvalue weighted by atomic mass is 9.97. The second-order valence-electron chi connectivity index (χ2n) is 6.53. The van der Waals surface area contributed by atoms with Crippen LogP contribution in [0.5, 0.6) is 5.75 Å². The molecule has 0 aliphatic carbocycles. The van der Waals surface area contributed by atoms with Crippen molar-refractivity contribution >= 4 is 23.5 Å². The van der Waals surface area contributed by atoms with Crippen LogP contribution >= 0.6 is 0 Å². The zero-order valence-corrected chi connectivity index (χ0v) is 15.9. The predicted molar refractivity (Wildman–Crippen MR) is 106 cm³/mol. The summed E-state index contributed by atoms with van der Waals surface area (Å²) >= 11 is 0. The maximum atomic E-state index is 12.3. The zero-order valence-electron chi connectivity index (χ0n) is 15.9. The number of para-hydroxylation sites is 1. The van der Waals surface area contributed by atoms with Crippen molar-refractivity contribution in [3.63, 3.8) is 0 Å². The summed E-state index contributed by atoms with van der Waals surface area (Å²) < 4.78 is 5.34. The molecule has 0 bridgehead atoms. The Kier molecular flexibility index (Phi) is 7.56. The first-order valence-corrected chi connectivity index (χ1v) is 8.91. The molecular weight excluding hydrogens is 360 g/mol. The molecule has 148 valence electrons. The van der Waals surface area contributed by atoms with Gasteiger partial charge < -0.3 is 20.5 Å². The summed E-state index contributed by atoms with van der Waals surface area (Å²) in [7, 11) is 1.63. The van der Waals surface area contributed by atoms with Gasteiger partial charge in [-0.2, -0.15) is 0 Å². The molecule has 7 heteroatoms. The van der Waals surface area contributed by atoms with Crippen LogP contribution < -0.4 is 15.4 Å². The topological polar surface area (TPSA) is 105 Å². The normalized spacial score (nSPS) is 11.4. The lowest BCUT2D eigenvalue weighted by molar-refractivity contribution is -0.135. The Morgan fingerprint density at radius 2 is 1.75 bits per heavy atom. The molecule has 0 heterocycles. The molecule has 1 atom stereocenters. The molecule has 0 aliphatic rings. The summed E-state index contributed by atoms with van der Waals surface area (Å²) in [6, 6.07) is 14.0. The Morgan fingerprint density at radius 3 is 2.39 bits per heavy atom. The molecule has 0 saturated heterocycles. The lowest BCUT2D eigenvalue weighted by Crippen LogP contribution is -2.29. The van der Waals surface area contributed by atoms with E-state index in [2.05, 4.69) is 10.6 Å². The molecule has 0 aromatic heterocycles. The number of carboxylic acids is 1. The second kappa shape index (κ2) is 10.1. The van der Waals surface area contributed by atoms with Gasteiger partial charge in [0.25, 0.3) is 5.91 Å². The first-order chi connectivity index (χ1) is 13.4. The summed E-state index contributed by atoms with van der Waals surface area (Å²) in [4.78, 5) is 34.5. The number of rotatable bonds is 9. The molecule has 0 aliphatic heterocycles. The number of carbonyl (C=O) groups excluding carboxylic acids is 2. The Labute approximate surface area is 163 Å². The van der Waals surface area contributed by atoms with Crippen LogP contribution in [-0.4, -0.2) is 36.5 Å². The third-order valence-corrected chi connectivity index (χ3v) is 4.13. The number of hydrogen-bond donors (Lipinski definition) is 3. The highest BCUT2D eigenvalue weighted by molar-refractivity contribution is 5.97. The minimum absolute atomic E-state index is 0.120. The third kappa shape index (κ3) is 6.42. The number of ether oxygens (including phenoxy) is 1. The van der Waals surface area contributed by atoms with Gasteiger partial charge in [0.2, 0.25) is 5.91 Å². The van der Waals surface area contributed by atoms with E-state index in [-0.39, 0.29) is 11.8 Å². The molecule has 0 radical (unpaired) electrons. The summed E-state index contributed by atoms with van der Waals surface area (Å²) in [5.74, 6) is -0.778. The maximum Gasteiger partial charge on any atom is 0.322 e. The van der Waals surface area contributed by atoms with Gasteiger partial charge in [0.15, 0.2) is 0 Å². The average molecular weight is 384 g/mol. The average Bonchev–Trinajstić information content (AvgIpc) is 2.66. The fraction of sp³-hybridized carbons (Fsp3) is 0.286. The molecule has 2 rings (SSSR count). The Bertz CT molecular complexity index is 833. The molecular formula is C21H24N2O5. The number of aliphatic carboxylic acids is 1. The second-order valence-corrected chi connectivity index (χ2v) is 6.53. The van der Waals surface area contributed by atoms with Crippen LogP contribution in [0.15, 0.2) is 48.5 Å². The standard InChI is InChI=1S/C21H24N2O5/c1-14(11-16-5-3-4-6-18(16)28-2)12-19(24)23-17-9-7-15(8-10-17)21(27)22-13-20(25)26/h3-10,14H,11-13H2,1-2H3,(H,22,27)(H,23,24)(H,25,26). The maximum absolute atomic E-state index is 12.3. The van der Waals surface area contributed by atoms with Crippen LogP contribution in [0.4, 0.5) is 5.69 Å².